The number of benzene rings is 2. The second-order valence-electron chi connectivity index (χ2n) is 7.67. The van der Waals surface area contributed by atoms with Crippen LogP contribution < -0.4 is 9.62 Å². The van der Waals surface area contributed by atoms with Crippen LogP contribution in [0.4, 0.5) is 17.1 Å². The smallest absolute Gasteiger partial charge is 0.355 e. The van der Waals surface area contributed by atoms with E-state index in [0.717, 1.165) is 55.5 Å². The molecule has 0 bridgehead atoms. The standard InChI is InChI=1S/C21H21N3O12S2/c1-12-17(22-37(29,30)14-6-4-5-13(7-14)24(27)28)8-15(38(31,32)33)9-18(12)23-11-36-10-16(20(25)34-2)19(23)21(26)35-3/h4-9,22H,10-11H2,1-3H3,(H,31,32,33). The van der Waals surface area contributed by atoms with Crippen LogP contribution in [0.3, 0.4) is 0 Å². The average Bonchev–Trinajstić information content (AvgIpc) is 2.87. The van der Waals surface area contributed by atoms with Gasteiger partial charge in [-0.1, -0.05) is 6.07 Å². The molecule has 15 nitrogen and oxygen atoms in total. The number of esters is 2. The Kier molecular flexibility index (Phi) is 8.06. The molecule has 2 aromatic carbocycles. The van der Waals surface area contributed by atoms with Gasteiger partial charge >= 0.3 is 11.9 Å². The summed E-state index contributed by atoms with van der Waals surface area (Å²) in [5.41, 5.74) is -1.63. The minimum Gasteiger partial charge on any atom is -0.466 e. The van der Waals surface area contributed by atoms with Gasteiger partial charge in [-0.05, 0) is 30.7 Å². The van der Waals surface area contributed by atoms with Gasteiger partial charge in [-0.15, -0.1) is 0 Å². The molecule has 0 saturated carbocycles. The Labute approximate surface area is 216 Å². The molecule has 2 N–H and O–H groups in total. The third kappa shape index (κ3) is 5.75. The van der Waals surface area contributed by atoms with E-state index in [0.29, 0.717) is 0 Å². The van der Waals surface area contributed by atoms with Crippen LogP contribution in [-0.2, 0) is 43.9 Å². The number of rotatable bonds is 8. The Morgan fingerprint density at radius 1 is 1.08 bits per heavy atom. The molecule has 0 atom stereocenters. The first-order valence-electron chi connectivity index (χ1n) is 10.4. The van der Waals surface area contributed by atoms with Gasteiger partial charge in [0, 0.05) is 17.8 Å². The zero-order valence-electron chi connectivity index (χ0n) is 20.0. The highest BCUT2D eigenvalue weighted by Gasteiger charge is 2.34. The number of carbonyl (C=O) groups is 2. The van der Waals surface area contributed by atoms with Gasteiger partial charge in [-0.3, -0.25) is 19.4 Å². The Morgan fingerprint density at radius 3 is 2.32 bits per heavy atom. The normalized spacial score (nSPS) is 14.2. The van der Waals surface area contributed by atoms with E-state index in [1.54, 1.807) is 0 Å². The van der Waals surface area contributed by atoms with Crippen molar-refractivity contribution in [1.29, 1.82) is 0 Å². The highest BCUT2D eigenvalue weighted by molar-refractivity contribution is 7.92. The number of nitro groups is 1. The van der Waals surface area contributed by atoms with Gasteiger partial charge in [-0.2, -0.15) is 8.42 Å². The molecule has 0 saturated heterocycles. The SMILES string of the molecule is COC(=O)C1=C(C(=O)OC)N(c2cc(S(=O)(=O)O)cc(NS(=O)(=O)c3cccc([N+](=O)[O-])c3)c2C)COC1. The summed E-state index contributed by atoms with van der Waals surface area (Å²) < 4.78 is 76.9. The summed E-state index contributed by atoms with van der Waals surface area (Å²) in [6.07, 6.45) is 0. The van der Waals surface area contributed by atoms with Crippen LogP contribution >= 0.6 is 0 Å². The van der Waals surface area contributed by atoms with Crippen molar-refractivity contribution in [2.45, 2.75) is 16.7 Å². The Balaban J connectivity index is 2.24. The van der Waals surface area contributed by atoms with E-state index in [2.05, 4.69) is 9.46 Å². The van der Waals surface area contributed by atoms with Gasteiger partial charge in [0.25, 0.3) is 25.8 Å². The number of methoxy groups -OCH3 is 2. The molecule has 17 heteroatoms. The lowest BCUT2D eigenvalue weighted by Crippen LogP contribution is -2.39. The molecule has 2 aromatic rings. The predicted octanol–water partition coefficient (Wildman–Crippen LogP) is 1.34. The van der Waals surface area contributed by atoms with Crippen molar-refractivity contribution in [2.24, 2.45) is 0 Å². The van der Waals surface area contributed by atoms with Gasteiger partial charge in [-0.25, -0.2) is 18.0 Å². The Bertz CT molecular complexity index is 1570. The first-order valence-corrected chi connectivity index (χ1v) is 13.3. The minimum atomic E-state index is -4.93. The molecule has 38 heavy (non-hydrogen) atoms. The molecule has 0 unspecified atom stereocenters. The van der Waals surface area contributed by atoms with Crippen LogP contribution in [0.5, 0.6) is 0 Å². The van der Waals surface area contributed by atoms with E-state index in [1.807, 2.05) is 0 Å². The topological polar surface area (TPSA) is 209 Å². The average molecular weight is 572 g/mol. The molecule has 1 heterocycles. The van der Waals surface area contributed by atoms with Crippen LogP contribution in [0.1, 0.15) is 5.56 Å². The van der Waals surface area contributed by atoms with Gasteiger partial charge < -0.3 is 19.1 Å². The van der Waals surface area contributed by atoms with Crippen molar-refractivity contribution in [3.8, 4) is 0 Å². The quantitative estimate of drug-likeness (QED) is 0.199. The van der Waals surface area contributed by atoms with Gasteiger partial charge in [0.15, 0.2) is 0 Å². The zero-order valence-corrected chi connectivity index (χ0v) is 21.7. The number of hydrogen-bond acceptors (Lipinski definition) is 12. The highest BCUT2D eigenvalue weighted by atomic mass is 32.2. The molecule has 0 spiro atoms. The van der Waals surface area contributed by atoms with Gasteiger partial charge in [0.2, 0.25) is 0 Å². The number of nitro benzene ring substituents is 1. The fourth-order valence-electron chi connectivity index (χ4n) is 3.51. The van der Waals surface area contributed by atoms with Gasteiger partial charge in [0.05, 0.1) is 46.8 Å². The first kappa shape index (κ1) is 28.5. The maximum absolute atomic E-state index is 13.0. The van der Waals surface area contributed by atoms with Crippen LogP contribution in [-0.4, -0.2) is 65.8 Å². The number of non-ortho nitro benzene ring substituents is 1. The molecular weight excluding hydrogens is 550 g/mol. The number of sulfonamides is 1. The Hall–Kier alpha value is -4.06. The summed E-state index contributed by atoms with van der Waals surface area (Å²) in [5.74, 6) is -1.95. The summed E-state index contributed by atoms with van der Waals surface area (Å²) >= 11 is 0. The summed E-state index contributed by atoms with van der Waals surface area (Å²) in [4.78, 5) is 35.0. The minimum absolute atomic E-state index is 0.0301. The monoisotopic (exact) mass is 571 g/mol. The summed E-state index contributed by atoms with van der Waals surface area (Å²) in [6.45, 7) is 0.602. The van der Waals surface area contributed by atoms with Crippen LogP contribution in [0.25, 0.3) is 0 Å². The molecule has 0 aliphatic carbocycles. The van der Waals surface area contributed by atoms with Crippen molar-refractivity contribution < 1.29 is 50.1 Å². The van der Waals surface area contributed by atoms with E-state index < -0.39 is 59.2 Å². The molecule has 0 fully saturated rings. The summed E-state index contributed by atoms with van der Waals surface area (Å²) in [5, 5.41) is 11.1. The number of nitrogens with one attached hydrogen (secondary N) is 1. The van der Waals surface area contributed by atoms with E-state index in [9.17, 15) is 41.1 Å². The highest BCUT2D eigenvalue weighted by Crippen LogP contribution is 2.36. The summed E-state index contributed by atoms with van der Waals surface area (Å²) in [7, 11) is -7.35. The molecule has 204 valence electrons. The fraction of sp³-hybridized carbons (Fsp3) is 0.238. The fourth-order valence-corrected chi connectivity index (χ4v) is 5.19. The van der Waals surface area contributed by atoms with Crippen molar-refractivity contribution in [3.05, 3.63) is 63.3 Å². The maximum atomic E-state index is 13.0. The first-order chi connectivity index (χ1) is 17.7. The van der Waals surface area contributed by atoms with E-state index in [4.69, 9.17) is 9.47 Å². The lowest BCUT2D eigenvalue weighted by molar-refractivity contribution is -0.385. The van der Waals surface area contributed by atoms with Crippen LogP contribution in [0.15, 0.2) is 57.5 Å². The molecule has 0 radical (unpaired) electrons. The van der Waals surface area contributed by atoms with Crippen molar-refractivity contribution in [1.82, 2.24) is 0 Å². The van der Waals surface area contributed by atoms with E-state index in [1.165, 1.54) is 6.92 Å². The lowest BCUT2D eigenvalue weighted by Gasteiger charge is -2.33. The number of anilines is 2. The van der Waals surface area contributed by atoms with Crippen LogP contribution in [0.2, 0.25) is 0 Å². The predicted molar refractivity (Wildman–Crippen MR) is 129 cm³/mol. The van der Waals surface area contributed by atoms with Crippen molar-refractivity contribution in [2.75, 3.05) is 37.2 Å². The second kappa shape index (κ2) is 10.7. The maximum Gasteiger partial charge on any atom is 0.355 e. The number of hydrogen-bond donors (Lipinski definition) is 2. The van der Waals surface area contributed by atoms with Crippen molar-refractivity contribution in [3.63, 3.8) is 0 Å². The van der Waals surface area contributed by atoms with Crippen molar-refractivity contribution >= 4 is 49.1 Å². The molecular formula is C21H21N3O12S2. The Morgan fingerprint density at radius 2 is 1.74 bits per heavy atom. The molecule has 0 aromatic heterocycles. The number of nitrogens with zero attached hydrogens (tertiary/aromatic N) is 2. The molecule has 1 aliphatic rings. The molecule has 1 aliphatic heterocycles. The number of ether oxygens (including phenoxy) is 3. The largest absolute Gasteiger partial charge is 0.466 e. The number of carbonyl (C=O) groups excluding carboxylic acids is 2. The van der Waals surface area contributed by atoms with Crippen LogP contribution in [0, 0.1) is 17.0 Å². The third-order valence-corrected chi connectivity index (χ3v) is 7.55. The second-order valence-corrected chi connectivity index (χ2v) is 10.8. The molecule has 3 rings (SSSR count). The van der Waals surface area contributed by atoms with Gasteiger partial charge in [0.1, 0.15) is 12.4 Å². The lowest BCUT2D eigenvalue weighted by atomic mass is 10.1. The van der Waals surface area contributed by atoms with E-state index >= 15 is 0 Å². The third-order valence-electron chi connectivity index (χ3n) is 5.36. The van der Waals surface area contributed by atoms with E-state index in [-0.39, 0.29) is 34.8 Å². The summed E-state index contributed by atoms with van der Waals surface area (Å²) in [6, 6.07) is 5.85. The zero-order chi connectivity index (χ0) is 28.4. The molecule has 0 amide bonds.